The number of carbonyl (C=O) groups is 2. The molecule has 2 N–H and O–H groups in total. The zero-order valence-electron chi connectivity index (χ0n) is 20.8. The van der Waals surface area contributed by atoms with E-state index in [9.17, 15) is 14.0 Å². The van der Waals surface area contributed by atoms with Crippen LogP contribution in [-0.2, 0) is 9.59 Å². The van der Waals surface area contributed by atoms with Gasteiger partial charge in [-0.1, -0.05) is 0 Å². The molecule has 0 atom stereocenters. The summed E-state index contributed by atoms with van der Waals surface area (Å²) in [5, 5.41) is 5.85. The van der Waals surface area contributed by atoms with Gasteiger partial charge in [0.2, 0.25) is 0 Å². The molecule has 2 amide bonds. The molecule has 0 aliphatic heterocycles. The Bertz CT molecular complexity index is 1010. The Labute approximate surface area is 198 Å². The average Bonchev–Trinajstić information content (AvgIpc) is 2.71. The van der Waals surface area contributed by atoms with Crippen molar-refractivity contribution in [3.05, 3.63) is 58.4 Å². The van der Waals surface area contributed by atoms with Crippen LogP contribution in [0.5, 0.6) is 0 Å². The predicted octanol–water partition coefficient (Wildman–Crippen LogP) is 6.35. The SMILES string of the molecule is CC[PH](CC)(CC(=O)Nc1c(C)cccc1C)C1(C(=O)Nc2c(C)cc(F)cc2C)CCC1. The number of halogens is 1. The summed E-state index contributed by atoms with van der Waals surface area (Å²) < 4.78 is 13.8. The Balaban J connectivity index is 1.89. The molecule has 1 fully saturated rings. The van der Waals surface area contributed by atoms with Crippen LogP contribution in [0.1, 0.15) is 55.4 Å². The van der Waals surface area contributed by atoms with Gasteiger partial charge in [-0.15, -0.1) is 0 Å². The molecule has 0 saturated heterocycles. The van der Waals surface area contributed by atoms with E-state index in [-0.39, 0.29) is 17.6 Å². The molecule has 180 valence electrons. The molecule has 2 aromatic carbocycles. The summed E-state index contributed by atoms with van der Waals surface area (Å²) in [6.45, 7) is 11.9. The zero-order valence-corrected chi connectivity index (χ0v) is 21.8. The summed E-state index contributed by atoms with van der Waals surface area (Å²) >= 11 is 0. The second-order valence-corrected chi connectivity index (χ2v) is 15.1. The second-order valence-electron chi connectivity index (χ2n) is 9.78. The van der Waals surface area contributed by atoms with E-state index in [1.165, 1.54) is 12.1 Å². The van der Waals surface area contributed by atoms with Gasteiger partial charge in [0, 0.05) is 0 Å². The molecule has 0 heterocycles. The summed E-state index contributed by atoms with van der Waals surface area (Å²) in [5.74, 6) is -0.270. The molecule has 1 aliphatic carbocycles. The summed E-state index contributed by atoms with van der Waals surface area (Å²) in [6.07, 6.45) is 4.83. The van der Waals surface area contributed by atoms with Crippen molar-refractivity contribution in [2.24, 2.45) is 0 Å². The van der Waals surface area contributed by atoms with Crippen LogP contribution >= 0.6 is 7.26 Å². The topological polar surface area (TPSA) is 58.2 Å². The molecule has 0 bridgehead atoms. The Kier molecular flexibility index (Phi) is 7.63. The number of amides is 2. The number of para-hydroxylation sites is 1. The van der Waals surface area contributed by atoms with Gasteiger partial charge in [-0.25, -0.2) is 0 Å². The normalized spacial score (nSPS) is 15.5. The monoisotopic (exact) mass is 472 g/mol. The molecule has 6 heteroatoms. The fraction of sp³-hybridized carbons (Fsp3) is 0.481. The van der Waals surface area contributed by atoms with E-state index in [2.05, 4.69) is 24.5 Å². The van der Waals surface area contributed by atoms with Gasteiger partial charge in [-0.2, -0.15) is 0 Å². The van der Waals surface area contributed by atoms with Crippen LogP contribution < -0.4 is 10.6 Å². The second kappa shape index (κ2) is 9.93. The van der Waals surface area contributed by atoms with Crippen LogP contribution in [0.25, 0.3) is 0 Å². The first-order chi connectivity index (χ1) is 15.6. The number of hydrogen-bond acceptors (Lipinski definition) is 2. The van der Waals surface area contributed by atoms with Gasteiger partial charge in [-0.05, 0) is 0 Å². The Morgan fingerprint density at radius 3 is 1.88 bits per heavy atom. The van der Waals surface area contributed by atoms with E-state index in [4.69, 9.17) is 0 Å². The van der Waals surface area contributed by atoms with Gasteiger partial charge in [0.25, 0.3) is 0 Å². The van der Waals surface area contributed by atoms with Crippen molar-refractivity contribution in [3.8, 4) is 0 Å². The molecule has 1 saturated carbocycles. The van der Waals surface area contributed by atoms with Gasteiger partial charge in [0.1, 0.15) is 0 Å². The van der Waals surface area contributed by atoms with Crippen molar-refractivity contribution >= 4 is 30.5 Å². The Morgan fingerprint density at radius 2 is 1.42 bits per heavy atom. The standard InChI is InChI=1S/C27H38FN2O2P/c1-7-33(8-2,17-23(31)29-24-18(3)11-9-12-19(24)4)27(13-10-14-27)26(32)30-25-20(5)15-22(28)16-21(25)6/h9,11-12,15-16,33H,7-8,10,13-14,17H2,1-6H3,(H,29,31)(H,30,32). The third kappa shape index (κ3) is 4.71. The zero-order chi connectivity index (χ0) is 24.4. The number of carbonyl (C=O) groups excluding carboxylic acids is 2. The van der Waals surface area contributed by atoms with E-state index in [0.717, 1.165) is 59.5 Å². The number of anilines is 2. The number of benzene rings is 2. The van der Waals surface area contributed by atoms with Crippen LogP contribution in [0, 0.1) is 33.5 Å². The summed E-state index contributed by atoms with van der Waals surface area (Å²) in [5.41, 5.74) is 5.11. The van der Waals surface area contributed by atoms with Crippen LogP contribution in [0.4, 0.5) is 15.8 Å². The third-order valence-corrected chi connectivity index (χ3v) is 14.5. The van der Waals surface area contributed by atoms with E-state index in [1.54, 1.807) is 0 Å². The van der Waals surface area contributed by atoms with Gasteiger partial charge >= 0.3 is 198 Å². The van der Waals surface area contributed by atoms with Crippen molar-refractivity contribution in [2.45, 2.75) is 66.0 Å². The van der Waals surface area contributed by atoms with Crippen LogP contribution in [-0.4, -0.2) is 35.5 Å². The van der Waals surface area contributed by atoms with Crippen molar-refractivity contribution < 1.29 is 14.0 Å². The van der Waals surface area contributed by atoms with Crippen LogP contribution in [0.15, 0.2) is 30.3 Å². The summed E-state index contributed by atoms with van der Waals surface area (Å²) in [7, 11) is -2.32. The molecule has 33 heavy (non-hydrogen) atoms. The van der Waals surface area contributed by atoms with Crippen LogP contribution in [0.3, 0.4) is 0 Å². The maximum absolute atomic E-state index is 13.8. The van der Waals surface area contributed by atoms with E-state index in [1.807, 2.05) is 45.9 Å². The molecule has 0 unspecified atom stereocenters. The van der Waals surface area contributed by atoms with Gasteiger partial charge in [-0.3, -0.25) is 0 Å². The quantitative estimate of drug-likeness (QED) is 0.440. The Hall–Kier alpha value is -2.26. The number of aryl methyl sites for hydroxylation is 4. The number of rotatable bonds is 8. The molecular weight excluding hydrogens is 434 g/mol. The summed E-state index contributed by atoms with van der Waals surface area (Å²) in [6, 6.07) is 8.91. The summed E-state index contributed by atoms with van der Waals surface area (Å²) in [4.78, 5) is 27.1. The molecule has 0 spiro atoms. The van der Waals surface area contributed by atoms with Gasteiger partial charge in [0.15, 0.2) is 0 Å². The molecule has 0 radical (unpaired) electrons. The number of hydrogen-bond donors (Lipinski definition) is 2. The minimum atomic E-state index is -2.32. The molecule has 1 aliphatic rings. The first kappa shape index (κ1) is 25.4. The first-order valence-electron chi connectivity index (χ1n) is 12.0. The average molecular weight is 473 g/mol. The molecule has 3 rings (SSSR count). The molecule has 4 nitrogen and oxygen atoms in total. The minimum absolute atomic E-state index is 0.0102. The van der Waals surface area contributed by atoms with Crippen molar-refractivity contribution in [1.82, 2.24) is 0 Å². The third-order valence-electron chi connectivity index (χ3n) is 7.99. The fourth-order valence-electron chi connectivity index (χ4n) is 5.72. The number of nitrogens with one attached hydrogen (secondary N) is 2. The molecule has 0 aromatic heterocycles. The molecular formula is C27H38FN2O2P. The van der Waals surface area contributed by atoms with Crippen molar-refractivity contribution in [2.75, 3.05) is 29.1 Å². The molecule has 2 aromatic rings. The van der Waals surface area contributed by atoms with Crippen molar-refractivity contribution in [3.63, 3.8) is 0 Å². The van der Waals surface area contributed by atoms with E-state index >= 15 is 0 Å². The van der Waals surface area contributed by atoms with Crippen LogP contribution in [0.2, 0.25) is 0 Å². The first-order valence-corrected chi connectivity index (χ1v) is 14.7. The van der Waals surface area contributed by atoms with E-state index in [0.29, 0.717) is 11.8 Å². The predicted molar refractivity (Wildman–Crippen MR) is 140 cm³/mol. The maximum atomic E-state index is 13.8. The Morgan fingerprint density at radius 1 is 0.909 bits per heavy atom. The van der Waals surface area contributed by atoms with Crippen molar-refractivity contribution in [1.29, 1.82) is 0 Å². The van der Waals surface area contributed by atoms with Gasteiger partial charge < -0.3 is 0 Å². The van der Waals surface area contributed by atoms with E-state index < -0.39 is 12.4 Å². The fourth-order valence-corrected chi connectivity index (χ4v) is 11.1. The van der Waals surface area contributed by atoms with Gasteiger partial charge in [0.05, 0.1) is 0 Å².